The topological polar surface area (TPSA) is 79.0 Å². The van der Waals surface area contributed by atoms with E-state index >= 15 is 0 Å². The number of esters is 1. The number of carbonyl (C=O) groups excluding carboxylic acids is 3. The number of halogens is 2. The lowest BCUT2D eigenvalue weighted by molar-refractivity contribution is -0.117. The molecule has 2 amide bonds. The van der Waals surface area contributed by atoms with Crippen LogP contribution in [0.5, 0.6) is 0 Å². The quantitative estimate of drug-likeness (QED) is 0.309. The van der Waals surface area contributed by atoms with Crippen molar-refractivity contribution in [3.05, 3.63) is 49.1 Å². The SMILES string of the molecule is COC(=O)c1c(NC(=O)CN2CCN(C(=O)c3sc4cc(Cl)ccc4c3Cl)CC2)sc2c1CCCCC2. The summed E-state index contributed by atoms with van der Waals surface area (Å²) in [5.41, 5.74) is 1.54. The van der Waals surface area contributed by atoms with Gasteiger partial charge in [-0.2, -0.15) is 0 Å². The first-order valence-corrected chi connectivity index (χ1v) is 14.7. The van der Waals surface area contributed by atoms with Gasteiger partial charge in [-0.1, -0.05) is 35.7 Å². The van der Waals surface area contributed by atoms with Crippen LogP contribution in [0.1, 0.15) is 49.7 Å². The Labute approximate surface area is 233 Å². The minimum absolute atomic E-state index is 0.103. The molecule has 5 rings (SSSR count). The summed E-state index contributed by atoms with van der Waals surface area (Å²) < 4.78 is 5.91. The Kier molecular flexibility index (Phi) is 8.07. The highest BCUT2D eigenvalue weighted by atomic mass is 35.5. The Bertz CT molecular complexity index is 1360. The van der Waals surface area contributed by atoms with Crippen LogP contribution in [0.25, 0.3) is 10.1 Å². The van der Waals surface area contributed by atoms with E-state index in [1.54, 1.807) is 11.0 Å². The second-order valence-electron chi connectivity index (χ2n) is 9.26. The van der Waals surface area contributed by atoms with Crippen LogP contribution in [0.15, 0.2) is 18.2 Å². The van der Waals surface area contributed by atoms with Crippen LogP contribution in [0, 0.1) is 0 Å². The van der Waals surface area contributed by atoms with Gasteiger partial charge in [-0.05, 0) is 43.4 Å². The van der Waals surface area contributed by atoms with Gasteiger partial charge in [-0.3, -0.25) is 14.5 Å². The summed E-state index contributed by atoms with van der Waals surface area (Å²) in [6.45, 7) is 2.32. The van der Waals surface area contributed by atoms with Gasteiger partial charge in [0.05, 0.1) is 24.2 Å². The molecule has 2 aromatic heterocycles. The molecule has 37 heavy (non-hydrogen) atoms. The summed E-state index contributed by atoms with van der Waals surface area (Å²) in [5, 5.41) is 5.44. The second kappa shape index (κ2) is 11.3. The van der Waals surface area contributed by atoms with Crippen LogP contribution in [0.3, 0.4) is 0 Å². The highest BCUT2D eigenvalue weighted by Gasteiger charge is 2.29. The fraction of sp³-hybridized carbons (Fsp3) is 0.423. The molecule has 1 aliphatic heterocycles. The van der Waals surface area contributed by atoms with Crippen LogP contribution in [0.2, 0.25) is 10.0 Å². The number of fused-ring (bicyclic) bond motifs is 2. The molecule has 3 heterocycles. The largest absolute Gasteiger partial charge is 0.465 e. The second-order valence-corrected chi connectivity index (χ2v) is 12.2. The van der Waals surface area contributed by atoms with E-state index < -0.39 is 5.97 Å². The van der Waals surface area contributed by atoms with Crippen LogP contribution in [-0.4, -0.2) is 67.4 Å². The number of methoxy groups -OCH3 is 1. The number of nitrogens with zero attached hydrogens (tertiary/aromatic N) is 2. The Balaban J connectivity index is 1.21. The molecule has 0 spiro atoms. The number of thiophene rings is 2. The number of hydrogen-bond donors (Lipinski definition) is 1. The van der Waals surface area contributed by atoms with Crippen molar-refractivity contribution < 1.29 is 19.1 Å². The first-order valence-electron chi connectivity index (χ1n) is 12.3. The van der Waals surface area contributed by atoms with Crippen molar-refractivity contribution in [2.45, 2.75) is 32.1 Å². The molecule has 7 nitrogen and oxygen atoms in total. The number of rotatable bonds is 5. The summed E-state index contributed by atoms with van der Waals surface area (Å²) in [4.78, 5) is 44.1. The van der Waals surface area contributed by atoms with Gasteiger partial charge in [0, 0.05) is 46.2 Å². The number of benzene rings is 1. The van der Waals surface area contributed by atoms with Gasteiger partial charge in [0.2, 0.25) is 5.91 Å². The number of carbonyl (C=O) groups is 3. The van der Waals surface area contributed by atoms with E-state index in [2.05, 4.69) is 5.32 Å². The van der Waals surface area contributed by atoms with Crippen LogP contribution in [-0.2, 0) is 22.4 Å². The predicted octanol–water partition coefficient (Wildman–Crippen LogP) is 5.72. The van der Waals surface area contributed by atoms with E-state index in [-0.39, 0.29) is 18.4 Å². The first kappa shape index (κ1) is 26.4. The minimum atomic E-state index is -0.399. The maximum absolute atomic E-state index is 13.2. The number of hydrogen-bond acceptors (Lipinski definition) is 7. The average molecular weight is 581 g/mol. The van der Waals surface area contributed by atoms with E-state index in [9.17, 15) is 14.4 Å². The van der Waals surface area contributed by atoms with Gasteiger partial charge < -0.3 is 15.0 Å². The van der Waals surface area contributed by atoms with Crippen molar-refractivity contribution >= 4 is 78.7 Å². The van der Waals surface area contributed by atoms with Crippen molar-refractivity contribution in [3.63, 3.8) is 0 Å². The molecule has 1 aromatic carbocycles. The molecule has 0 atom stereocenters. The Morgan fingerprint density at radius 3 is 2.54 bits per heavy atom. The highest BCUT2D eigenvalue weighted by molar-refractivity contribution is 7.21. The fourth-order valence-corrected chi connectivity index (χ4v) is 8.00. The molecule has 11 heteroatoms. The summed E-state index contributed by atoms with van der Waals surface area (Å²) in [6.07, 6.45) is 5.02. The Morgan fingerprint density at radius 1 is 1.03 bits per heavy atom. The highest BCUT2D eigenvalue weighted by Crippen LogP contribution is 2.39. The molecule has 196 valence electrons. The number of anilines is 1. The Hall–Kier alpha value is -2.17. The van der Waals surface area contributed by atoms with Crippen LogP contribution in [0.4, 0.5) is 5.00 Å². The van der Waals surface area contributed by atoms with Crippen LogP contribution < -0.4 is 5.32 Å². The van der Waals surface area contributed by atoms with Gasteiger partial charge >= 0.3 is 5.97 Å². The van der Waals surface area contributed by atoms with E-state index in [1.165, 1.54) is 34.7 Å². The van der Waals surface area contributed by atoms with Crippen molar-refractivity contribution in [2.24, 2.45) is 0 Å². The standard InChI is InChI=1S/C26H27Cl2N3O4S2/c1-35-26(34)21-16-5-3-2-4-6-18(16)37-24(21)29-20(32)14-30-9-11-31(12-10-30)25(33)23-22(28)17-8-7-15(27)13-19(17)36-23/h7-8,13H,2-6,9-12,14H2,1H3,(H,29,32). The summed E-state index contributed by atoms with van der Waals surface area (Å²) in [5.74, 6) is -0.677. The maximum Gasteiger partial charge on any atom is 0.341 e. The number of amides is 2. The van der Waals surface area contributed by atoms with Crippen molar-refractivity contribution in [1.82, 2.24) is 9.80 Å². The van der Waals surface area contributed by atoms with E-state index in [0.717, 1.165) is 47.8 Å². The lowest BCUT2D eigenvalue weighted by Crippen LogP contribution is -2.50. The van der Waals surface area contributed by atoms with E-state index in [4.69, 9.17) is 27.9 Å². The normalized spacial score (nSPS) is 16.4. The number of nitrogens with one attached hydrogen (secondary N) is 1. The number of piperazine rings is 1. The zero-order chi connectivity index (χ0) is 26.1. The zero-order valence-corrected chi connectivity index (χ0v) is 23.5. The summed E-state index contributed by atoms with van der Waals surface area (Å²) in [6, 6.07) is 5.42. The van der Waals surface area contributed by atoms with Crippen molar-refractivity contribution in [2.75, 3.05) is 45.2 Å². The monoisotopic (exact) mass is 579 g/mol. The third-order valence-corrected chi connectivity index (χ3v) is 9.96. The van der Waals surface area contributed by atoms with Gasteiger partial charge in [0.1, 0.15) is 9.88 Å². The molecule has 1 saturated heterocycles. The van der Waals surface area contributed by atoms with Gasteiger partial charge in [-0.15, -0.1) is 22.7 Å². The summed E-state index contributed by atoms with van der Waals surface area (Å²) >= 11 is 15.4. The average Bonchev–Trinajstić information content (AvgIpc) is 3.29. The molecule has 0 unspecified atom stereocenters. The van der Waals surface area contributed by atoms with E-state index in [0.29, 0.717) is 51.7 Å². The fourth-order valence-electron chi connectivity index (χ4n) is 4.95. The summed E-state index contributed by atoms with van der Waals surface area (Å²) in [7, 11) is 1.37. The van der Waals surface area contributed by atoms with Crippen molar-refractivity contribution in [3.8, 4) is 0 Å². The molecule has 1 N–H and O–H groups in total. The van der Waals surface area contributed by atoms with Gasteiger partial charge in [-0.25, -0.2) is 4.79 Å². The smallest absolute Gasteiger partial charge is 0.341 e. The Morgan fingerprint density at radius 2 is 1.78 bits per heavy atom. The van der Waals surface area contributed by atoms with Gasteiger partial charge in [0.25, 0.3) is 5.91 Å². The molecule has 0 bridgehead atoms. The predicted molar refractivity (Wildman–Crippen MR) is 150 cm³/mol. The molecule has 1 aliphatic carbocycles. The molecule has 0 saturated carbocycles. The maximum atomic E-state index is 13.2. The number of ether oxygens (including phenoxy) is 1. The van der Waals surface area contributed by atoms with Gasteiger partial charge in [0.15, 0.2) is 0 Å². The zero-order valence-electron chi connectivity index (χ0n) is 20.4. The van der Waals surface area contributed by atoms with Crippen molar-refractivity contribution in [1.29, 1.82) is 0 Å². The first-order chi connectivity index (χ1) is 17.9. The van der Waals surface area contributed by atoms with E-state index in [1.807, 2.05) is 17.0 Å². The molecule has 2 aliphatic rings. The lowest BCUT2D eigenvalue weighted by atomic mass is 10.1. The lowest BCUT2D eigenvalue weighted by Gasteiger charge is -2.34. The molecular weight excluding hydrogens is 553 g/mol. The third kappa shape index (κ3) is 5.52. The molecular formula is C26H27Cl2N3O4S2. The molecule has 1 fully saturated rings. The molecule has 3 aromatic rings. The third-order valence-electron chi connectivity index (χ3n) is 6.88. The minimum Gasteiger partial charge on any atom is -0.465 e. The van der Waals surface area contributed by atoms with Crippen LogP contribution >= 0.6 is 45.9 Å². The molecule has 0 radical (unpaired) electrons. The number of aryl methyl sites for hydroxylation is 1.